The van der Waals surface area contributed by atoms with Crippen molar-refractivity contribution in [2.45, 2.75) is 20.8 Å². The minimum absolute atomic E-state index is 0. The summed E-state index contributed by atoms with van der Waals surface area (Å²) in [4.78, 5) is 22.4. The Hall–Kier alpha value is -0.570. The molecular formula is C14H30IN5O. The van der Waals surface area contributed by atoms with Crippen molar-refractivity contribution in [2.24, 2.45) is 4.99 Å². The van der Waals surface area contributed by atoms with Crippen molar-refractivity contribution < 1.29 is 4.79 Å². The molecule has 1 saturated heterocycles. The number of carbonyl (C=O) groups is 1. The average Bonchev–Trinajstić information content (AvgIpc) is 2.46. The normalized spacial score (nSPS) is 16.0. The monoisotopic (exact) mass is 411 g/mol. The molecule has 1 rings (SSSR count). The summed E-state index contributed by atoms with van der Waals surface area (Å²) < 4.78 is 0. The van der Waals surface area contributed by atoms with Gasteiger partial charge in [0.05, 0.1) is 6.54 Å². The molecule has 0 aromatic heterocycles. The van der Waals surface area contributed by atoms with Crippen LogP contribution in [0.2, 0.25) is 0 Å². The first-order chi connectivity index (χ1) is 9.58. The minimum Gasteiger partial charge on any atom is -0.357 e. The summed E-state index contributed by atoms with van der Waals surface area (Å²) >= 11 is 0. The zero-order chi connectivity index (χ0) is 15.0. The van der Waals surface area contributed by atoms with Crippen LogP contribution in [-0.4, -0.2) is 86.0 Å². The van der Waals surface area contributed by atoms with Crippen LogP contribution in [0.1, 0.15) is 20.8 Å². The van der Waals surface area contributed by atoms with Crippen molar-refractivity contribution >= 4 is 35.8 Å². The molecule has 0 aromatic carbocycles. The smallest absolute Gasteiger partial charge is 0.219 e. The third kappa shape index (κ3) is 7.30. The second kappa shape index (κ2) is 11.1. The molecule has 124 valence electrons. The van der Waals surface area contributed by atoms with E-state index in [2.05, 4.69) is 41.0 Å². The molecule has 0 saturated carbocycles. The maximum atomic E-state index is 11.3. The Bertz CT molecular complexity index is 329. The van der Waals surface area contributed by atoms with Crippen LogP contribution in [0.25, 0.3) is 0 Å². The number of piperazine rings is 1. The quantitative estimate of drug-likeness (QED) is 0.411. The van der Waals surface area contributed by atoms with Crippen molar-refractivity contribution in [3.63, 3.8) is 0 Å². The van der Waals surface area contributed by atoms with Gasteiger partial charge in [0.1, 0.15) is 0 Å². The van der Waals surface area contributed by atoms with Gasteiger partial charge in [0.25, 0.3) is 0 Å². The molecule has 0 bridgehead atoms. The largest absolute Gasteiger partial charge is 0.357 e. The van der Waals surface area contributed by atoms with Crippen LogP contribution in [0.15, 0.2) is 4.99 Å². The maximum absolute atomic E-state index is 11.3. The number of halogens is 1. The molecule has 21 heavy (non-hydrogen) atoms. The van der Waals surface area contributed by atoms with Crippen LogP contribution in [0.4, 0.5) is 0 Å². The number of nitrogens with one attached hydrogen (secondary N) is 1. The molecule has 0 unspecified atom stereocenters. The highest BCUT2D eigenvalue weighted by Gasteiger charge is 2.20. The summed E-state index contributed by atoms with van der Waals surface area (Å²) in [5.74, 6) is 1.14. The van der Waals surface area contributed by atoms with Gasteiger partial charge in [-0.2, -0.15) is 0 Å². The minimum atomic E-state index is 0. The lowest BCUT2D eigenvalue weighted by atomic mass is 10.3. The number of hydrogen-bond donors (Lipinski definition) is 1. The lowest BCUT2D eigenvalue weighted by Gasteiger charge is -2.36. The van der Waals surface area contributed by atoms with Gasteiger partial charge in [-0.25, -0.2) is 0 Å². The van der Waals surface area contributed by atoms with E-state index in [1.165, 1.54) is 0 Å². The molecule has 0 atom stereocenters. The van der Waals surface area contributed by atoms with Gasteiger partial charge >= 0.3 is 0 Å². The van der Waals surface area contributed by atoms with E-state index in [0.29, 0.717) is 0 Å². The molecule has 0 aromatic rings. The molecule has 1 aliphatic heterocycles. The topological polar surface area (TPSA) is 51.2 Å². The van der Waals surface area contributed by atoms with Gasteiger partial charge in [-0.05, 0) is 20.5 Å². The molecule has 1 N–H and O–H groups in total. The standard InChI is InChI=1S/C14H29N5O.HI/c1-5-15-14(16-7-8-17(4)6-2)19-11-9-18(10-12-19)13(3)20;/h5-12H2,1-4H3,(H,15,16);1H. The molecule has 7 heteroatoms. The van der Waals surface area contributed by atoms with E-state index in [1.54, 1.807) is 6.92 Å². The van der Waals surface area contributed by atoms with E-state index in [9.17, 15) is 4.79 Å². The van der Waals surface area contributed by atoms with E-state index >= 15 is 0 Å². The van der Waals surface area contributed by atoms with Gasteiger partial charge in [-0.3, -0.25) is 9.79 Å². The van der Waals surface area contributed by atoms with E-state index < -0.39 is 0 Å². The Morgan fingerprint density at radius 2 is 1.76 bits per heavy atom. The van der Waals surface area contributed by atoms with Crippen LogP contribution >= 0.6 is 24.0 Å². The summed E-state index contributed by atoms with van der Waals surface area (Å²) in [5, 5.41) is 3.34. The third-order valence-corrected chi connectivity index (χ3v) is 3.64. The molecule has 1 amide bonds. The SMILES string of the molecule is CCNC(=NCCN(C)CC)N1CCN(C(C)=O)CC1.I. The molecular weight excluding hydrogens is 381 g/mol. The molecule has 0 radical (unpaired) electrons. The number of aliphatic imine (C=N–C) groups is 1. The van der Waals surface area contributed by atoms with Gasteiger partial charge in [-0.1, -0.05) is 6.92 Å². The molecule has 0 spiro atoms. The predicted octanol–water partition coefficient (Wildman–Crippen LogP) is 0.686. The van der Waals surface area contributed by atoms with Crippen molar-refractivity contribution in [1.82, 2.24) is 20.0 Å². The summed E-state index contributed by atoms with van der Waals surface area (Å²) in [5.41, 5.74) is 0. The van der Waals surface area contributed by atoms with Gasteiger partial charge in [0.15, 0.2) is 5.96 Å². The second-order valence-corrected chi connectivity index (χ2v) is 5.12. The summed E-state index contributed by atoms with van der Waals surface area (Å²) in [6.45, 7) is 12.8. The fourth-order valence-electron chi connectivity index (χ4n) is 2.14. The second-order valence-electron chi connectivity index (χ2n) is 5.12. The fraction of sp³-hybridized carbons (Fsp3) is 0.857. The summed E-state index contributed by atoms with van der Waals surface area (Å²) in [6.07, 6.45) is 0. The Kier molecular flexibility index (Phi) is 10.8. The van der Waals surface area contributed by atoms with Crippen molar-refractivity contribution in [3.05, 3.63) is 0 Å². The van der Waals surface area contributed by atoms with E-state index in [1.807, 2.05) is 4.90 Å². The van der Waals surface area contributed by atoms with E-state index in [4.69, 9.17) is 0 Å². The Morgan fingerprint density at radius 1 is 1.19 bits per heavy atom. The predicted molar refractivity (Wildman–Crippen MR) is 98.4 cm³/mol. The van der Waals surface area contributed by atoms with Crippen molar-refractivity contribution in [1.29, 1.82) is 0 Å². The number of carbonyl (C=O) groups excluding carboxylic acids is 1. The average molecular weight is 411 g/mol. The number of nitrogens with zero attached hydrogens (tertiary/aromatic N) is 4. The maximum Gasteiger partial charge on any atom is 0.219 e. The lowest BCUT2D eigenvalue weighted by Crippen LogP contribution is -2.53. The first-order valence-electron chi connectivity index (χ1n) is 7.55. The zero-order valence-corrected chi connectivity index (χ0v) is 16.1. The van der Waals surface area contributed by atoms with Crippen LogP contribution in [0, 0.1) is 0 Å². The van der Waals surface area contributed by atoms with Crippen LogP contribution in [0.5, 0.6) is 0 Å². The number of likely N-dealkylation sites (N-methyl/N-ethyl adjacent to an activating group) is 1. The fourth-order valence-corrected chi connectivity index (χ4v) is 2.14. The molecule has 6 nitrogen and oxygen atoms in total. The van der Waals surface area contributed by atoms with Gasteiger partial charge < -0.3 is 20.0 Å². The van der Waals surface area contributed by atoms with Crippen molar-refractivity contribution in [2.75, 3.05) is 59.4 Å². The molecule has 0 aliphatic carbocycles. The van der Waals surface area contributed by atoms with Crippen LogP contribution < -0.4 is 5.32 Å². The van der Waals surface area contributed by atoms with Gasteiger partial charge in [0.2, 0.25) is 5.91 Å². The highest BCUT2D eigenvalue weighted by Crippen LogP contribution is 2.02. The molecule has 1 heterocycles. The first kappa shape index (κ1) is 20.4. The Morgan fingerprint density at radius 3 is 2.24 bits per heavy atom. The number of amides is 1. The Labute approximate surface area is 146 Å². The van der Waals surface area contributed by atoms with Crippen molar-refractivity contribution in [3.8, 4) is 0 Å². The summed E-state index contributed by atoms with van der Waals surface area (Å²) in [6, 6.07) is 0. The molecule has 1 fully saturated rings. The van der Waals surface area contributed by atoms with Gasteiger partial charge in [0, 0.05) is 46.2 Å². The number of hydrogen-bond acceptors (Lipinski definition) is 3. The lowest BCUT2D eigenvalue weighted by molar-refractivity contribution is -0.130. The van der Waals surface area contributed by atoms with Crippen LogP contribution in [0.3, 0.4) is 0 Å². The molecule has 1 aliphatic rings. The van der Waals surface area contributed by atoms with Crippen LogP contribution in [-0.2, 0) is 4.79 Å². The number of rotatable bonds is 5. The first-order valence-corrected chi connectivity index (χ1v) is 7.55. The Balaban J connectivity index is 0.00000400. The highest BCUT2D eigenvalue weighted by molar-refractivity contribution is 14.0. The number of guanidine groups is 1. The highest BCUT2D eigenvalue weighted by atomic mass is 127. The summed E-state index contributed by atoms with van der Waals surface area (Å²) in [7, 11) is 2.11. The third-order valence-electron chi connectivity index (χ3n) is 3.64. The zero-order valence-electron chi connectivity index (χ0n) is 13.8. The van der Waals surface area contributed by atoms with Gasteiger partial charge in [-0.15, -0.1) is 24.0 Å². The van der Waals surface area contributed by atoms with E-state index in [0.717, 1.165) is 58.3 Å². The van der Waals surface area contributed by atoms with E-state index in [-0.39, 0.29) is 29.9 Å².